The first-order valence-electron chi connectivity index (χ1n) is 14.5. The van der Waals surface area contributed by atoms with E-state index in [2.05, 4.69) is 35.7 Å². The van der Waals surface area contributed by atoms with E-state index >= 15 is 0 Å². The van der Waals surface area contributed by atoms with Crippen molar-refractivity contribution in [2.24, 2.45) is 0 Å². The lowest BCUT2D eigenvalue weighted by molar-refractivity contribution is 0.207. The van der Waals surface area contributed by atoms with Crippen molar-refractivity contribution in [3.8, 4) is 36.0 Å². The van der Waals surface area contributed by atoms with Gasteiger partial charge in [0.2, 0.25) is 0 Å². The van der Waals surface area contributed by atoms with Gasteiger partial charge >= 0.3 is 0 Å². The fourth-order valence-electron chi connectivity index (χ4n) is 4.07. The van der Waals surface area contributed by atoms with Crippen molar-refractivity contribution in [1.29, 1.82) is 0 Å². The number of unbranched alkanes of at least 4 members (excludes halogenated alkanes) is 15. The number of terminal acetylenes is 1. The van der Waals surface area contributed by atoms with Crippen molar-refractivity contribution in [3.05, 3.63) is 24.3 Å². The topological polar surface area (TPSA) is 80.9 Å². The first-order valence-corrected chi connectivity index (χ1v) is 14.5. The second-order valence-corrected chi connectivity index (χ2v) is 9.74. The van der Waals surface area contributed by atoms with Gasteiger partial charge in [0.15, 0.2) is 0 Å². The molecule has 3 atom stereocenters. The Kier molecular flexibility index (Phi) is 27.0. The number of rotatable bonds is 23. The van der Waals surface area contributed by atoms with E-state index in [0.717, 1.165) is 51.4 Å². The first-order chi connectivity index (χ1) is 18.1. The Labute approximate surface area is 227 Å². The van der Waals surface area contributed by atoms with Gasteiger partial charge in [0, 0.05) is 0 Å². The largest absolute Gasteiger partial charge is 0.389 e. The molecule has 0 radical (unpaired) electrons. The second kappa shape index (κ2) is 28.6. The highest BCUT2D eigenvalue weighted by Gasteiger charge is 2.01. The molecule has 208 valence electrons. The Bertz CT molecular complexity index is 725. The SMILES string of the molecule is C#C[C@@H](O)/C=C/CCCCCCCCCC/C=C/[C@H](O)CCCCCCCCC[C@H](O)C#CC#CCO. The molecule has 0 aliphatic heterocycles. The molecule has 0 rings (SSSR count). The van der Waals surface area contributed by atoms with E-state index in [1.54, 1.807) is 6.08 Å². The van der Waals surface area contributed by atoms with Crippen LogP contribution in [-0.4, -0.2) is 45.3 Å². The molecule has 0 bridgehead atoms. The first kappa shape index (κ1) is 35.0. The Hall–Kier alpha value is -2.00. The summed E-state index contributed by atoms with van der Waals surface area (Å²) >= 11 is 0. The lowest BCUT2D eigenvalue weighted by Gasteiger charge is -2.06. The van der Waals surface area contributed by atoms with Crippen LogP contribution in [0.2, 0.25) is 0 Å². The molecule has 0 heterocycles. The van der Waals surface area contributed by atoms with Crippen molar-refractivity contribution in [2.75, 3.05) is 6.61 Å². The van der Waals surface area contributed by atoms with Gasteiger partial charge in [-0.2, -0.15) is 0 Å². The Morgan fingerprint density at radius 1 is 0.595 bits per heavy atom. The van der Waals surface area contributed by atoms with Gasteiger partial charge < -0.3 is 20.4 Å². The molecule has 0 aromatic rings. The third-order valence-electron chi connectivity index (χ3n) is 6.29. The molecule has 0 aliphatic carbocycles. The minimum atomic E-state index is -0.740. The van der Waals surface area contributed by atoms with Gasteiger partial charge in [-0.15, -0.1) is 6.42 Å². The number of hydrogen-bond donors (Lipinski definition) is 4. The molecular weight excluding hydrogens is 460 g/mol. The third kappa shape index (κ3) is 28.4. The summed E-state index contributed by atoms with van der Waals surface area (Å²) in [6.07, 6.45) is 32.7. The second-order valence-electron chi connectivity index (χ2n) is 9.74. The molecule has 37 heavy (non-hydrogen) atoms. The number of aliphatic hydroxyl groups is 4. The predicted molar refractivity (Wildman–Crippen MR) is 155 cm³/mol. The average molecular weight is 513 g/mol. The molecule has 0 aliphatic rings. The van der Waals surface area contributed by atoms with Gasteiger partial charge in [-0.25, -0.2) is 0 Å². The predicted octanol–water partition coefficient (Wildman–Crippen LogP) is 6.23. The minimum Gasteiger partial charge on any atom is -0.389 e. The number of aliphatic hydroxyl groups excluding tert-OH is 4. The van der Waals surface area contributed by atoms with Gasteiger partial charge in [0.25, 0.3) is 0 Å². The van der Waals surface area contributed by atoms with E-state index in [0.29, 0.717) is 6.42 Å². The van der Waals surface area contributed by atoms with E-state index < -0.39 is 12.2 Å². The Morgan fingerprint density at radius 2 is 1.08 bits per heavy atom. The van der Waals surface area contributed by atoms with Crippen molar-refractivity contribution in [3.63, 3.8) is 0 Å². The van der Waals surface area contributed by atoms with Gasteiger partial charge in [0.1, 0.15) is 18.8 Å². The summed E-state index contributed by atoms with van der Waals surface area (Å²) in [7, 11) is 0. The third-order valence-corrected chi connectivity index (χ3v) is 6.29. The summed E-state index contributed by atoms with van der Waals surface area (Å²) < 4.78 is 0. The molecule has 0 unspecified atom stereocenters. The Balaban J connectivity index is 3.40. The quantitative estimate of drug-likeness (QED) is 0.0744. The number of hydrogen-bond acceptors (Lipinski definition) is 4. The van der Waals surface area contributed by atoms with Crippen molar-refractivity contribution in [1.82, 2.24) is 0 Å². The zero-order valence-electron chi connectivity index (χ0n) is 23.0. The summed E-state index contributed by atoms with van der Waals surface area (Å²) in [5.74, 6) is 12.4. The van der Waals surface area contributed by atoms with E-state index in [1.165, 1.54) is 64.2 Å². The monoisotopic (exact) mass is 512 g/mol. The zero-order chi connectivity index (χ0) is 27.2. The molecule has 0 saturated heterocycles. The fraction of sp³-hybridized carbons (Fsp3) is 0.697. The van der Waals surface area contributed by atoms with Crippen LogP contribution in [0.4, 0.5) is 0 Å². The van der Waals surface area contributed by atoms with Crippen LogP contribution in [0.25, 0.3) is 0 Å². The van der Waals surface area contributed by atoms with Gasteiger partial charge in [-0.05, 0) is 62.9 Å². The summed E-state index contributed by atoms with van der Waals surface area (Å²) in [6.45, 7) is -0.203. The highest BCUT2D eigenvalue weighted by molar-refractivity contribution is 5.27. The fourth-order valence-corrected chi connectivity index (χ4v) is 4.07. The lowest BCUT2D eigenvalue weighted by Crippen LogP contribution is -2.02. The molecule has 0 fully saturated rings. The molecule has 0 saturated carbocycles. The summed E-state index contributed by atoms with van der Waals surface area (Å²) in [4.78, 5) is 0. The zero-order valence-corrected chi connectivity index (χ0v) is 23.0. The van der Waals surface area contributed by atoms with Crippen LogP contribution in [-0.2, 0) is 0 Å². The normalized spacial score (nSPS) is 13.5. The van der Waals surface area contributed by atoms with E-state index in [1.807, 2.05) is 12.2 Å². The van der Waals surface area contributed by atoms with Crippen LogP contribution in [0.1, 0.15) is 122 Å². The van der Waals surface area contributed by atoms with Gasteiger partial charge in [0.05, 0.1) is 6.10 Å². The highest BCUT2D eigenvalue weighted by Crippen LogP contribution is 2.13. The van der Waals surface area contributed by atoms with Gasteiger partial charge in [-0.1, -0.05) is 113 Å². The van der Waals surface area contributed by atoms with Crippen LogP contribution in [0.3, 0.4) is 0 Å². The molecule has 0 aromatic carbocycles. The summed E-state index contributed by atoms with van der Waals surface area (Å²) in [6, 6.07) is 0. The van der Waals surface area contributed by atoms with Crippen LogP contribution < -0.4 is 0 Å². The van der Waals surface area contributed by atoms with Crippen molar-refractivity contribution >= 4 is 0 Å². The molecule has 4 heteroatoms. The maximum absolute atomic E-state index is 10.1. The molecule has 4 N–H and O–H groups in total. The number of allylic oxidation sites excluding steroid dienone is 2. The van der Waals surface area contributed by atoms with Gasteiger partial charge in [-0.3, -0.25) is 0 Å². The van der Waals surface area contributed by atoms with E-state index in [4.69, 9.17) is 11.5 Å². The van der Waals surface area contributed by atoms with Crippen LogP contribution in [0.5, 0.6) is 0 Å². The molecule has 4 nitrogen and oxygen atoms in total. The van der Waals surface area contributed by atoms with Crippen molar-refractivity contribution < 1.29 is 20.4 Å². The smallest absolute Gasteiger partial charge is 0.133 e. The standard InChI is InChI=1S/C33H52O4/c1-2-31(35)25-19-14-10-7-5-3-4-6-8-11-15-20-26-32(36)27-21-16-12-9-13-17-22-28-33(37)29-23-18-24-30-34/h1,19-20,25-26,31-37H,3-17,21-22,27-28,30H2/b25-19+,26-20+/t31-,32+,33+/m1/s1. The van der Waals surface area contributed by atoms with Crippen LogP contribution in [0.15, 0.2) is 24.3 Å². The van der Waals surface area contributed by atoms with Crippen molar-refractivity contribution in [2.45, 2.75) is 140 Å². The molecule has 0 amide bonds. The lowest BCUT2D eigenvalue weighted by atomic mass is 10.0. The van der Waals surface area contributed by atoms with E-state index in [-0.39, 0.29) is 12.7 Å². The maximum Gasteiger partial charge on any atom is 0.133 e. The Morgan fingerprint density at radius 3 is 1.62 bits per heavy atom. The van der Waals surface area contributed by atoms with Crippen LogP contribution in [0, 0.1) is 36.0 Å². The minimum absolute atomic E-state index is 0.203. The highest BCUT2D eigenvalue weighted by atomic mass is 16.3. The molecular formula is C33H52O4. The average Bonchev–Trinajstić information content (AvgIpc) is 2.90. The molecule has 0 spiro atoms. The van der Waals surface area contributed by atoms with Crippen LogP contribution >= 0.6 is 0 Å². The maximum atomic E-state index is 10.1. The van der Waals surface area contributed by atoms with E-state index in [9.17, 15) is 15.3 Å². The summed E-state index contributed by atoms with van der Waals surface area (Å²) in [5.41, 5.74) is 0. The summed E-state index contributed by atoms with van der Waals surface area (Å²) in [5, 5.41) is 37.6. The molecule has 0 aromatic heterocycles.